The van der Waals surface area contributed by atoms with E-state index in [2.05, 4.69) is 4.90 Å². The Morgan fingerprint density at radius 1 is 1.00 bits per heavy atom. The molecule has 1 aliphatic rings. The summed E-state index contributed by atoms with van der Waals surface area (Å²) < 4.78 is 51.3. The van der Waals surface area contributed by atoms with E-state index in [1.165, 1.54) is 36.7 Å². The minimum Gasteiger partial charge on any atom is -0.497 e. The lowest BCUT2D eigenvalue weighted by Gasteiger charge is -2.34. The molecule has 0 radical (unpaired) electrons. The van der Waals surface area contributed by atoms with Crippen molar-refractivity contribution in [2.75, 3.05) is 40.4 Å². The maximum Gasteiger partial charge on any atom is 0.246 e. The van der Waals surface area contributed by atoms with Crippen molar-refractivity contribution in [1.29, 1.82) is 0 Å². The third-order valence-electron chi connectivity index (χ3n) is 4.62. The molecule has 2 aromatic rings. The molecule has 3 rings (SSSR count). The molecule has 0 atom stereocenters. The minimum absolute atomic E-state index is 0. The van der Waals surface area contributed by atoms with Gasteiger partial charge in [-0.2, -0.15) is 4.31 Å². The zero-order chi connectivity index (χ0) is 19.4. The Bertz CT molecular complexity index is 903. The molecule has 0 amide bonds. The number of nitrogens with zero attached hydrogens (tertiary/aromatic N) is 2. The van der Waals surface area contributed by atoms with Gasteiger partial charge in [0.25, 0.3) is 0 Å². The van der Waals surface area contributed by atoms with E-state index >= 15 is 0 Å². The number of hydrogen-bond donors (Lipinski definition) is 0. The second kappa shape index (κ2) is 9.56. The van der Waals surface area contributed by atoms with Gasteiger partial charge < -0.3 is 9.47 Å². The normalized spacial score (nSPS) is 15.7. The van der Waals surface area contributed by atoms with Gasteiger partial charge in [-0.15, -0.1) is 12.4 Å². The van der Waals surface area contributed by atoms with Crippen molar-refractivity contribution in [1.82, 2.24) is 9.21 Å². The molecule has 0 unspecified atom stereocenters. The third-order valence-corrected chi connectivity index (χ3v) is 6.53. The molecule has 154 valence electrons. The number of rotatable bonds is 6. The Balaban J connectivity index is 0.00000280. The van der Waals surface area contributed by atoms with Crippen LogP contribution in [-0.2, 0) is 16.6 Å². The zero-order valence-electron chi connectivity index (χ0n) is 15.8. The molecule has 1 fully saturated rings. The van der Waals surface area contributed by atoms with Gasteiger partial charge in [0.15, 0.2) is 0 Å². The Kier molecular flexibility index (Phi) is 7.65. The molecule has 28 heavy (non-hydrogen) atoms. The van der Waals surface area contributed by atoms with Crippen molar-refractivity contribution >= 4 is 22.4 Å². The van der Waals surface area contributed by atoms with Crippen LogP contribution in [0.5, 0.6) is 11.5 Å². The highest BCUT2D eigenvalue weighted by Gasteiger charge is 2.31. The van der Waals surface area contributed by atoms with Crippen LogP contribution in [-0.4, -0.2) is 58.0 Å². The minimum atomic E-state index is -3.70. The van der Waals surface area contributed by atoms with Gasteiger partial charge in [-0.1, -0.05) is 12.1 Å². The number of piperazine rings is 1. The first-order chi connectivity index (χ1) is 12.9. The summed E-state index contributed by atoms with van der Waals surface area (Å²) in [7, 11) is -0.767. The van der Waals surface area contributed by atoms with Crippen molar-refractivity contribution in [3.05, 3.63) is 53.8 Å². The second-order valence-corrected chi connectivity index (χ2v) is 8.23. The highest BCUT2D eigenvalue weighted by molar-refractivity contribution is 7.89. The summed E-state index contributed by atoms with van der Waals surface area (Å²) in [5.74, 6) is 0.482. The molecule has 1 saturated heterocycles. The summed E-state index contributed by atoms with van der Waals surface area (Å²) in [6.45, 7) is 2.45. The van der Waals surface area contributed by atoms with E-state index < -0.39 is 10.0 Å². The number of sulfonamides is 1. The molecule has 2 aromatic carbocycles. The predicted octanol–water partition coefficient (Wildman–Crippen LogP) is 2.77. The van der Waals surface area contributed by atoms with Crippen LogP contribution >= 0.6 is 12.4 Å². The van der Waals surface area contributed by atoms with Crippen molar-refractivity contribution in [2.24, 2.45) is 0 Å². The second-order valence-electron chi connectivity index (χ2n) is 6.33. The van der Waals surface area contributed by atoms with E-state index in [1.807, 2.05) is 6.07 Å². The highest BCUT2D eigenvalue weighted by atomic mass is 35.5. The molecule has 0 bridgehead atoms. The Morgan fingerprint density at radius 2 is 1.71 bits per heavy atom. The lowest BCUT2D eigenvalue weighted by molar-refractivity contribution is 0.181. The molecule has 6 nitrogen and oxygen atoms in total. The predicted molar refractivity (Wildman–Crippen MR) is 107 cm³/mol. The lowest BCUT2D eigenvalue weighted by Crippen LogP contribution is -2.48. The first-order valence-electron chi connectivity index (χ1n) is 8.63. The summed E-state index contributed by atoms with van der Waals surface area (Å²) in [5, 5.41) is 0. The van der Waals surface area contributed by atoms with Crippen molar-refractivity contribution in [2.45, 2.75) is 11.4 Å². The molecule has 0 aromatic heterocycles. The topological polar surface area (TPSA) is 59.1 Å². The van der Waals surface area contributed by atoms with Crippen LogP contribution in [0.15, 0.2) is 47.4 Å². The molecule has 1 heterocycles. The largest absolute Gasteiger partial charge is 0.497 e. The van der Waals surface area contributed by atoms with Gasteiger partial charge in [0, 0.05) is 38.8 Å². The zero-order valence-corrected chi connectivity index (χ0v) is 17.4. The average Bonchev–Trinajstić information content (AvgIpc) is 2.68. The molecule has 0 aliphatic carbocycles. The van der Waals surface area contributed by atoms with Crippen LogP contribution in [0.3, 0.4) is 0 Å². The molecule has 0 saturated carbocycles. The number of methoxy groups -OCH3 is 2. The summed E-state index contributed by atoms with van der Waals surface area (Å²) >= 11 is 0. The summed E-state index contributed by atoms with van der Waals surface area (Å²) in [5.41, 5.74) is 0.876. The van der Waals surface area contributed by atoms with Gasteiger partial charge in [0.05, 0.1) is 14.2 Å². The molecule has 1 aliphatic heterocycles. The van der Waals surface area contributed by atoms with E-state index in [0.717, 1.165) is 5.56 Å². The van der Waals surface area contributed by atoms with E-state index in [1.54, 1.807) is 18.2 Å². The molecule has 0 spiro atoms. The highest BCUT2D eigenvalue weighted by Crippen LogP contribution is 2.31. The first-order valence-corrected chi connectivity index (χ1v) is 10.1. The maximum atomic E-state index is 13.3. The third kappa shape index (κ3) is 4.94. The van der Waals surface area contributed by atoms with Crippen LogP contribution in [0, 0.1) is 5.82 Å². The number of halogens is 2. The van der Waals surface area contributed by atoms with Crippen molar-refractivity contribution < 1.29 is 22.3 Å². The van der Waals surface area contributed by atoms with Gasteiger partial charge in [0.1, 0.15) is 22.2 Å². The van der Waals surface area contributed by atoms with Crippen LogP contribution in [0.4, 0.5) is 4.39 Å². The standard InChI is InChI=1S/C19H23FN2O4S.ClH/c1-25-17-6-7-18(26-2)19(13-17)27(23,24)22-10-8-21(9-11-22)14-15-4-3-5-16(20)12-15;/h3-7,12-13H,8-11,14H2,1-2H3;1H. The quantitative estimate of drug-likeness (QED) is 0.705. The van der Waals surface area contributed by atoms with Crippen molar-refractivity contribution in [3.63, 3.8) is 0 Å². The van der Waals surface area contributed by atoms with E-state index in [0.29, 0.717) is 38.5 Å². The van der Waals surface area contributed by atoms with Crippen LogP contribution < -0.4 is 9.47 Å². The SMILES string of the molecule is COc1ccc(OC)c(S(=O)(=O)N2CCN(Cc3cccc(F)c3)CC2)c1.Cl. The number of hydrogen-bond acceptors (Lipinski definition) is 5. The summed E-state index contributed by atoms with van der Waals surface area (Å²) in [6, 6.07) is 11.2. The van der Waals surface area contributed by atoms with Gasteiger partial charge in [-0.05, 0) is 29.8 Å². The van der Waals surface area contributed by atoms with Crippen LogP contribution in [0.25, 0.3) is 0 Å². The fourth-order valence-electron chi connectivity index (χ4n) is 3.15. The first kappa shape index (κ1) is 22.4. The Morgan fingerprint density at radius 3 is 2.32 bits per heavy atom. The van der Waals surface area contributed by atoms with Crippen molar-refractivity contribution in [3.8, 4) is 11.5 Å². The van der Waals surface area contributed by atoms with Crippen LogP contribution in [0.2, 0.25) is 0 Å². The number of ether oxygens (including phenoxy) is 2. The summed E-state index contributed by atoms with van der Waals surface area (Å²) in [4.78, 5) is 2.21. The maximum absolute atomic E-state index is 13.3. The van der Waals surface area contributed by atoms with Gasteiger partial charge in [-0.3, -0.25) is 4.90 Å². The molecule has 9 heteroatoms. The fourth-order valence-corrected chi connectivity index (χ4v) is 4.74. The van der Waals surface area contributed by atoms with Crippen LogP contribution in [0.1, 0.15) is 5.56 Å². The molecular weight excluding hydrogens is 407 g/mol. The average molecular weight is 431 g/mol. The molecule has 0 N–H and O–H groups in total. The van der Waals surface area contributed by atoms with E-state index in [4.69, 9.17) is 9.47 Å². The molecular formula is C19H24ClFN2O4S. The number of benzene rings is 2. The van der Waals surface area contributed by atoms with Gasteiger partial charge in [-0.25, -0.2) is 12.8 Å². The smallest absolute Gasteiger partial charge is 0.246 e. The fraction of sp³-hybridized carbons (Fsp3) is 0.368. The van der Waals surface area contributed by atoms with E-state index in [-0.39, 0.29) is 28.9 Å². The lowest BCUT2D eigenvalue weighted by atomic mass is 10.2. The Labute approximate surface area is 171 Å². The monoisotopic (exact) mass is 430 g/mol. The van der Waals surface area contributed by atoms with Gasteiger partial charge >= 0.3 is 0 Å². The van der Waals surface area contributed by atoms with E-state index in [9.17, 15) is 12.8 Å². The summed E-state index contributed by atoms with van der Waals surface area (Å²) in [6.07, 6.45) is 0. The Hall–Kier alpha value is -1.87. The van der Waals surface area contributed by atoms with Gasteiger partial charge in [0.2, 0.25) is 10.0 Å².